The lowest BCUT2D eigenvalue weighted by Crippen LogP contribution is -2.06. The molecule has 0 fully saturated rings. The van der Waals surface area contributed by atoms with Gasteiger partial charge in [0.1, 0.15) is 5.83 Å². The zero-order valence-corrected chi connectivity index (χ0v) is 10.8. The summed E-state index contributed by atoms with van der Waals surface area (Å²) in [6.45, 7) is 18.3. The van der Waals surface area contributed by atoms with E-state index in [4.69, 9.17) is 5.41 Å². The van der Waals surface area contributed by atoms with Gasteiger partial charge in [0.15, 0.2) is 0 Å². The van der Waals surface area contributed by atoms with Crippen LogP contribution in [0.15, 0.2) is 43.8 Å². The maximum atomic E-state index is 13.3. The lowest BCUT2D eigenvalue weighted by Gasteiger charge is -2.15. The zero-order chi connectivity index (χ0) is 14.0. The van der Waals surface area contributed by atoms with Crippen molar-refractivity contribution in [1.29, 1.82) is 5.41 Å². The third-order valence-electron chi connectivity index (χ3n) is 2.77. The van der Waals surface area contributed by atoms with Crippen LogP contribution in [0.25, 0.3) is 11.3 Å². The van der Waals surface area contributed by atoms with Crippen LogP contribution in [-0.4, -0.2) is 10.8 Å². The maximum absolute atomic E-state index is 13.3. The molecule has 0 atom stereocenters. The highest BCUT2D eigenvalue weighted by atomic mass is 19.1. The van der Waals surface area contributed by atoms with E-state index in [1.165, 1.54) is 6.21 Å². The van der Waals surface area contributed by atoms with Gasteiger partial charge in [-0.3, -0.25) is 0 Å². The average molecular weight is 244 g/mol. The second-order valence-electron chi connectivity index (χ2n) is 4.19. The topological polar surface area (TPSA) is 28.8 Å². The fraction of sp³-hybridized carbons (Fsp3) is 0.133. The van der Waals surface area contributed by atoms with Crippen LogP contribution < -0.4 is 0 Å². The summed E-state index contributed by atoms with van der Waals surface area (Å²) in [5, 5.41) is 7.46. The standard InChI is InChI=1S/C15H17FN2/c1-9(2)13(6)18-14(11(4)12(5)16)7-10(3)15(18)8-17/h7-8,17H,1,4-6H2,2-3H3. The molecule has 1 aromatic heterocycles. The lowest BCUT2D eigenvalue weighted by molar-refractivity contribution is 0.677. The van der Waals surface area contributed by atoms with Gasteiger partial charge in [-0.1, -0.05) is 26.3 Å². The molecule has 0 aromatic carbocycles. The molecule has 1 N–H and O–H groups in total. The molecule has 0 spiro atoms. The second-order valence-corrected chi connectivity index (χ2v) is 4.19. The summed E-state index contributed by atoms with van der Waals surface area (Å²) in [4.78, 5) is 0. The Bertz CT molecular complexity index is 574. The molecule has 0 aliphatic heterocycles. The summed E-state index contributed by atoms with van der Waals surface area (Å²) < 4.78 is 14.9. The van der Waals surface area contributed by atoms with Crippen LogP contribution >= 0.6 is 0 Å². The van der Waals surface area contributed by atoms with Gasteiger partial charge >= 0.3 is 0 Å². The quantitative estimate of drug-likeness (QED) is 0.589. The number of halogens is 1. The van der Waals surface area contributed by atoms with E-state index in [-0.39, 0.29) is 5.57 Å². The van der Waals surface area contributed by atoms with Crippen LogP contribution in [0.2, 0.25) is 0 Å². The molecule has 0 aliphatic carbocycles. The van der Waals surface area contributed by atoms with E-state index in [1.54, 1.807) is 10.6 Å². The van der Waals surface area contributed by atoms with Crippen molar-refractivity contribution in [3.05, 3.63) is 60.7 Å². The van der Waals surface area contributed by atoms with Gasteiger partial charge in [0, 0.05) is 17.5 Å². The predicted octanol–water partition coefficient (Wildman–Crippen LogP) is 4.34. The Hall–Kier alpha value is -2.16. The van der Waals surface area contributed by atoms with Gasteiger partial charge in [-0.05, 0) is 31.1 Å². The molecule has 0 saturated carbocycles. The summed E-state index contributed by atoms with van der Waals surface area (Å²) >= 11 is 0. The molecule has 1 heterocycles. The van der Waals surface area contributed by atoms with Crippen molar-refractivity contribution in [1.82, 2.24) is 4.57 Å². The number of aryl methyl sites for hydroxylation is 1. The number of rotatable bonds is 5. The SMILES string of the molecule is C=C(C)C(=C)n1c(C(=C)C(=C)F)cc(C)c1C=N. The van der Waals surface area contributed by atoms with Gasteiger partial charge in [0.05, 0.1) is 11.4 Å². The van der Waals surface area contributed by atoms with Crippen LogP contribution in [0.1, 0.15) is 23.9 Å². The summed E-state index contributed by atoms with van der Waals surface area (Å²) in [7, 11) is 0. The molecule has 3 heteroatoms. The zero-order valence-electron chi connectivity index (χ0n) is 10.8. The van der Waals surface area contributed by atoms with Crippen molar-refractivity contribution in [3.63, 3.8) is 0 Å². The number of hydrogen-bond donors (Lipinski definition) is 1. The monoisotopic (exact) mass is 244 g/mol. The van der Waals surface area contributed by atoms with E-state index in [9.17, 15) is 4.39 Å². The summed E-state index contributed by atoms with van der Waals surface area (Å²) in [5.41, 5.74) is 3.58. The van der Waals surface area contributed by atoms with Crippen molar-refractivity contribution in [2.24, 2.45) is 0 Å². The van der Waals surface area contributed by atoms with Crippen LogP contribution in [0.5, 0.6) is 0 Å². The van der Waals surface area contributed by atoms with Crippen molar-refractivity contribution >= 4 is 17.5 Å². The molecule has 0 amide bonds. The first-order chi connectivity index (χ1) is 8.31. The molecule has 94 valence electrons. The number of nitrogens with zero attached hydrogens (tertiary/aromatic N) is 1. The van der Waals surface area contributed by atoms with E-state index in [0.29, 0.717) is 17.1 Å². The largest absolute Gasteiger partial charge is 0.308 e. The van der Waals surface area contributed by atoms with Crippen molar-refractivity contribution in [2.75, 3.05) is 0 Å². The van der Waals surface area contributed by atoms with Gasteiger partial charge in [-0.15, -0.1) is 0 Å². The molecule has 0 unspecified atom stereocenters. The van der Waals surface area contributed by atoms with Gasteiger partial charge in [-0.2, -0.15) is 0 Å². The highest BCUT2D eigenvalue weighted by Crippen LogP contribution is 2.29. The van der Waals surface area contributed by atoms with Crippen LogP contribution in [0.4, 0.5) is 4.39 Å². The van der Waals surface area contributed by atoms with Crippen LogP contribution in [0, 0.1) is 12.3 Å². The molecular formula is C15H17FN2. The minimum Gasteiger partial charge on any atom is -0.308 e. The Morgan fingerprint density at radius 1 is 1.33 bits per heavy atom. The molecule has 0 saturated heterocycles. The Morgan fingerprint density at radius 3 is 2.28 bits per heavy atom. The fourth-order valence-corrected chi connectivity index (χ4v) is 1.67. The van der Waals surface area contributed by atoms with E-state index in [0.717, 1.165) is 11.1 Å². The Balaban J connectivity index is 3.58. The lowest BCUT2D eigenvalue weighted by atomic mass is 10.1. The van der Waals surface area contributed by atoms with Crippen LogP contribution in [0.3, 0.4) is 0 Å². The van der Waals surface area contributed by atoms with E-state index in [2.05, 4.69) is 26.3 Å². The molecule has 1 aromatic rings. The van der Waals surface area contributed by atoms with Crippen molar-refractivity contribution in [2.45, 2.75) is 13.8 Å². The highest BCUT2D eigenvalue weighted by Gasteiger charge is 2.17. The van der Waals surface area contributed by atoms with Gasteiger partial charge < -0.3 is 9.98 Å². The molecule has 0 aliphatic rings. The first-order valence-electron chi connectivity index (χ1n) is 5.43. The van der Waals surface area contributed by atoms with Gasteiger partial charge in [0.25, 0.3) is 0 Å². The van der Waals surface area contributed by atoms with E-state index < -0.39 is 5.83 Å². The average Bonchev–Trinajstić information content (AvgIpc) is 2.63. The van der Waals surface area contributed by atoms with Crippen molar-refractivity contribution < 1.29 is 4.39 Å². The first kappa shape index (κ1) is 13.9. The van der Waals surface area contributed by atoms with Gasteiger partial charge in [0.2, 0.25) is 0 Å². The molecule has 0 bridgehead atoms. The third kappa shape index (κ3) is 2.25. The normalized spacial score (nSPS) is 9.94. The molecule has 1 rings (SSSR count). The van der Waals surface area contributed by atoms with Gasteiger partial charge in [-0.25, -0.2) is 4.39 Å². The number of allylic oxidation sites excluding steroid dienone is 4. The number of nitrogens with one attached hydrogen (secondary N) is 1. The molecular weight excluding hydrogens is 227 g/mol. The Labute approximate surface area is 107 Å². The Morgan fingerprint density at radius 2 is 1.89 bits per heavy atom. The highest BCUT2D eigenvalue weighted by molar-refractivity contribution is 5.86. The minimum absolute atomic E-state index is 0.189. The minimum atomic E-state index is -0.597. The number of hydrogen-bond acceptors (Lipinski definition) is 1. The molecule has 18 heavy (non-hydrogen) atoms. The summed E-state index contributed by atoms with van der Waals surface area (Å²) in [6, 6.07) is 1.77. The Kier molecular flexibility index (Phi) is 3.86. The second kappa shape index (κ2) is 5.00. The maximum Gasteiger partial charge on any atom is 0.124 e. The third-order valence-corrected chi connectivity index (χ3v) is 2.77. The smallest absolute Gasteiger partial charge is 0.124 e. The number of aromatic nitrogens is 1. The fourth-order valence-electron chi connectivity index (χ4n) is 1.67. The van der Waals surface area contributed by atoms with Crippen molar-refractivity contribution in [3.8, 4) is 0 Å². The van der Waals surface area contributed by atoms with E-state index in [1.807, 2.05) is 13.8 Å². The first-order valence-corrected chi connectivity index (χ1v) is 5.43. The summed E-state index contributed by atoms with van der Waals surface area (Å²) in [5.74, 6) is -0.597. The predicted molar refractivity (Wildman–Crippen MR) is 76.5 cm³/mol. The molecule has 2 nitrogen and oxygen atoms in total. The van der Waals surface area contributed by atoms with E-state index >= 15 is 0 Å². The molecule has 0 radical (unpaired) electrons. The van der Waals surface area contributed by atoms with Crippen LogP contribution in [-0.2, 0) is 0 Å². The summed E-state index contributed by atoms with van der Waals surface area (Å²) in [6.07, 6.45) is 1.21.